The highest BCUT2D eigenvalue weighted by Gasteiger charge is 2.69. The Balaban J connectivity index is 1.10. The minimum absolute atomic E-state index is 0.000936. The topological polar surface area (TPSA) is 102 Å². The highest BCUT2D eigenvalue weighted by Crippen LogP contribution is 2.76. The van der Waals surface area contributed by atoms with E-state index in [9.17, 15) is 19.2 Å². The molecule has 1 aliphatic heterocycles. The van der Waals surface area contributed by atoms with Gasteiger partial charge >= 0.3 is 18.0 Å². The molecular formula is C44H70N2O7. The Kier molecular flexibility index (Phi) is 10.3. The SMILES string of the molecule is COC(=O)[C@]12CCC(C)(C)C[C@H]1C1=CC[C@@H]3[C@@]4(C)CC[C@H](OC(=O)CCC(=O)N5CCN(C(=O)OC(C)(C)C)CC5)C(C)(C)[C@@H]4CC[C@@]3(C)[C@]1(C)CC2. The number of esters is 2. The predicted molar refractivity (Wildman–Crippen MR) is 205 cm³/mol. The Labute approximate surface area is 319 Å². The van der Waals surface area contributed by atoms with Crippen LogP contribution in [0, 0.1) is 50.2 Å². The molecule has 0 aromatic heterocycles. The second-order valence-corrected chi connectivity index (χ2v) is 21.0. The summed E-state index contributed by atoms with van der Waals surface area (Å²) < 4.78 is 17.3. The van der Waals surface area contributed by atoms with Crippen LogP contribution in [0.4, 0.5) is 4.79 Å². The summed E-state index contributed by atoms with van der Waals surface area (Å²) in [5.41, 5.74) is 0.838. The minimum Gasteiger partial charge on any atom is -0.469 e. The van der Waals surface area contributed by atoms with E-state index in [4.69, 9.17) is 14.2 Å². The number of piperazine rings is 1. The molecule has 4 saturated carbocycles. The zero-order chi connectivity index (χ0) is 39.0. The molecule has 6 aliphatic rings. The average molecular weight is 739 g/mol. The summed E-state index contributed by atoms with van der Waals surface area (Å²) in [6, 6.07) is 0. The van der Waals surface area contributed by atoms with Crippen LogP contribution in [0.5, 0.6) is 0 Å². The van der Waals surface area contributed by atoms with Gasteiger partial charge in [-0.3, -0.25) is 14.4 Å². The molecule has 2 amide bonds. The number of methoxy groups -OCH3 is 1. The molecule has 0 unspecified atom stereocenters. The lowest BCUT2D eigenvalue weighted by Gasteiger charge is -2.71. The molecular weight excluding hydrogens is 668 g/mol. The number of nitrogens with zero attached hydrogens (tertiary/aromatic N) is 2. The number of ether oxygens (including phenoxy) is 3. The minimum atomic E-state index is -0.563. The third kappa shape index (κ3) is 6.74. The third-order valence-corrected chi connectivity index (χ3v) is 16.3. The molecule has 9 heteroatoms. The zero-order valence-electron chi connectivity index (χ0n) is 35.0. The molecule has 0 radical (unpaired) electrons. The van der Waals surface area contributed by atoms with Crippen LogP contribution in [0.25, 0.3) is 0 Å². The number of hydrogen-bond donors (Lipinski definition) is 0. The fraction of sp³-hybridized carbons (Fsp3) is 0.864. The van der Waals surface area contributed by atoms with Gasteiger partial charge in [0, 0.05) is 38.0 Å². The first-order valence-electron chi connectivity index (χ1n) is 20.8. The maximum absolute atomic E-state index is 13.6. The van der Waals surface area contributed by atoms with Crippen LogP contribution < -0.4 is 0 Å². The number of carbonyl (C=O) groups is 4. The largest absolute Gasteiger partial charge is 0.469 e. The number of fused-ring (bicyclic) bond motifs is 7. The first-order chi connectivity index (χ1) is 24.5. The van der Waals surface area contributed by atoms with Gasteiger partial charge in [0.05, 0.1) is 18.9 Å². The van der Waals surface area contributed by atoms with E-state index in [-0.39, 0.29) is 75.9 Å². The van der Waals surface area contributed by atoms with Crippen molar-refractivity contribution in [2.24, 2.45) is 50.2 Å². The Morgan fingerprint density at radius 1 is 0.792 bits per heavy atom. The second kappa shape index (κ2) is 13.6. The summed E-state index contributed by atoms with van der Waals surface area (Å²) in [4.78, 5) is 55.8. The summed E-state index contributed by atoms with van der Waals surface area (Å²) in [7, 11) is 1.57. The van der Waals surface area contributed by atoms with Crippen molar-refractivity contribution in [2.45, 2.75) is 158 Å². The van der Waals surface area contributed by atoms with E-state index < -0.39 is 11.0 Å². The Hall–Kier alpha value is -2.58. The Morgan fingerprint density at radius 3 is 2.08 bits per heavy atom. The van der Waals surface area contributed by atoms with Gasteiger partial charge in [-0.25, -0.2) is 4.79 Å². The Morgan fingerprint density at radius 2 is 1.43 bits per heavy atom. The molecule has 0 aromatic carbocycles. The van der Waals surface area contributed by atoms with E-state index in [0.717, 1.165) is 64.2 Å². The van der Waals surface area contributed by atoms with Crippen LogP contribution >= 0.6 is 0 Å². The van der Waals surface area contributed by atoms with Crippen LogP contribution in [-0.4, -0.2) is 78.7 Å². The molecule has 53 heavy (non-hydrogen) atoms. The molecule has 8 atom stereocenters. The molecule has 5 fully saturated rings. The number of rotatable bonds is 5. The average Bonchev–Trinajstić information content (AvgIpc) is 3.07. The molecule has 298 valence electrons. The van der Waals surface area contributed by atoms with Crippen molar-refractivity contribution in [2.75, 3.05) is 33.3 Å². The normalized spacial score (nSPS) is 38.9. The van der Waals surface area contributed by atoms with Crippen LogP contribution in [0.2, 0.25) is 0 Å². The van der Waals surface area contributed by atoms with E-state index in [1.807, 2.05) is 20.8 Å². The zero-order valence-corrected chi connectivity index (χ0v) is 35.0. The predicted octanol–water partition coefficient (Wildman–Crippen LogP) is 8.73. The second-order valence-electron chi connectivity index (χ2n) is 21.0. The van der Waals surface area contributed by atoms with Crippen molar-refractivity contribution in [3.63, 3.8) is 0 Å². The van der Waals surface area contributed by atoms with E-state index in [1.54, 1.807) is 22.5 Å². The van der Waals surface area contributed by atoms with Gasteiger partial charge in [-0.05, 0) is 124 Å². The lowest BCUT2D eigenvalue weighted by atomic mass is 9.33. The van der Waals surface area contributed by atoms with Crippen LogP contribution in [0.15, 0.2) is 11.6 Å². The quantitative estimate of drug-likeness (QED) is 0.158. The molecule has 0 N–H and O–H groups in total. The van der Waals surface area contributed by atoms with E-state index in [2.05, 4.69) is 54.5 Å². The Bertz CT molecular complexity index is 1500. The van der Waals surface area contributed by atoms with Crippen molar-refractivity contribution in [1.82, 2.24) is 9.80 Å². The van der Waals surface area contributed by atoms with Crippen LogP contribution in [0.3, 0.4) is 0 Å². The molecule has 1 saturated heterocycles. The van der Waals surface area contributed by atoms with Crippen molar-refractivity contribution >= 4 is 23.9 Å². The number of allylic oxidation sites excluding steroid dienone is 2. The summed E-state index contributed by atoms with van der Waals surface area (Å²) in [5.74, 6) is 0.787. The maximum atomic E-state index is 13.6. The van der Waals surface area contributed by atoms with E-state index >= 15 is 0 Å². The van der Waals surface area contributed by atoms with Crippen LogP contribution in [0.1, 0.15) is 146 Å². The van der Waals surface area contributed by atoms with Gasteiger partial charge in [0.2, 0.25) is 5.91 Å². The maximum Gasteiger partial charge on any atom is 0.410 e. The van der Waals surface area contributed by atoms with Crippen molar-refractivity contribution in [1.29, 1.82) is 0 Å². The van der Waals surface area contributed by atoms with Crippen molar-refractivity contribution < 1.29 is 33.4 Å². The molecule has 5 aliphatic carbocycles. The fourth-order valence-electron chi connectivity index (χ4n) is 13.0. The van der Waals surface area contributed by atoms with Gasteiger partial charge in [-0.1, -0.05) is 60.1 Å². The van der Waals surface area contributed by atoms with Crippen LogP contribution in [-0.2, 0) is 28.6 Å². The smallest absolute Gasteiger partial charge is 0.410 e. The monoisotopic (exact) mass is 739 g/mol. The van der Waals surface area contributed by atoms with Gasteiger partial charge in [0.15, 0.2) is 0 Å². The highest BCUT2D eigenvalue weighted by atomic mass is 16.6. The van der Waals surface area contributed by atoms with Crippen molar-refractivity contribution in [3.05, 3.63) is 11.6 Å². The van der Waals surface area contributed by atoms with Gasteiger partial charge in [0.1, 0.15) is 11.7 Å². The summed E-state index contributed by atoms with van der Waals surface area (Å²) in [6.45, 7) is 24.3. The summed E-state index contributed by atoms with van der Waals surface area (Å²) in [6.07, 6.45) is 12.3. The van der Waals surface area contributed by atoms with Gasteiger partial charge in [-0.2, -0.15) is 0 Å². The van der Waals surface area contributed by atoms with E-state index in [0.29, 0.717) is 38.0 Å². The third-order valence-electron chi connectivity index (χ3n) is 16.3. The number of hydrogen-bond acceptors (Lipinski definition) is 7. The standard InChI is InChI=1S/C44H70N2O7/c1-38(2,3)53-37(50)46-26-24-45(25-27-46)34(47)14-15-35(48)52-33-17-18-41(8)31(40(33,6)7)16-19-43(10)32(41)13-12-29-30-28-39(4,5)20-22-44(30,36(49)51-11)23-21-42(29,43)9/h12,30-33H,13-28H2,1-11H3/t30-,31-,32+,33-,41-,42+,43+,44-/m0/s1. The summed E-state index contributed by atoms with van der Waals surface area (Å²) in [5, 5.41) is 0. The molecule has 0 spiro atoms. The highest BCUT2D eigenvalue weighted by molar-refractivity contribution is 5.82. The van der Waals surface area contributed by atoms with Gasteiger partial charge in [0.25, 0.3) is 0 Å². The molecule has 0 bridgehead atoms. The lowest BCUT2D eigenvalue weighted by molar-refractivity contribution is -0.214. The molecule has 1 heterocycles. The number of amides is 2. The first-order valence-corrected chi connectivity index (χ1v) is 20.8. The number of carbonyl (C=O) groups excluding carboxylic acids is 4. The van der Waals surface area contributed by atoms with Gasteiger partial charge < -0.3 is 24.0 Å². The fourth-order valence-corrected chi connectivity index (χ4v) is 13.0. The molecule has 0 aromatic rings. The van der Waals surface area contributed by atoms with E-state index in [1.165, 1.54) is 0 Å². The lowest BCUT2D eigenvalue weighted by Crippen LogP contribution is -2.65. The molecule has 9 nitrogen and oxygen atoms in total. The van der Waals surface area contributed by atoms with Gasteiger partial charge in [-0.15, -0.1) is 0 Å². The summed E-state index contributed by atoms with van der Waals surface area (Å²) >= 11 is 0. The first kappa shape index (κ1) is 40.1. The van der Waals surface area contributed by atoms with Crippen molar-refractivity contribution in [3.8, 4) is 0 Å². The molecule has 6 rings (SSSR count).